The van der Waals surface area contributed by atoms with Gasteiger partial charge >= 0.3 is 0 Å². The van der Waals surface area contributed by atoms with Crippen LogP contribution in [0.5, 0.6) is 0 Å². The van der Waals surface area contributed by atoms with Crippen molar-refractivity contribution in [1.29, 1.82) is 0 Å². The minimum atomic E-state index is -0.279. The lowest BCUT2D eigenvalue weighted by molar-refractivity contribution is -0.130. The highest BCUT2D eigenvalue weighted by atomic mass is 32.1. The van der Waals surface area contributed by atoms with Gasteiger partial charge in [0, 0.05) is 13.1 Å². The molecule has 1 atom stereocenters. The highest BCUT2D eigenvalue weighted by molar-refractivity contribution is 7.81. The third-order valence-electron chi connectivity index (χ3n) is 2.71. The molecule has 1 amide bonds. The summed E-state index contributed by atoms with van der Waals surface area (Å²) in [5, 5.41) is -0.279. The minimum Gasteiger partial charge on any atom is -0.338 e. The Bertz CT molecular complexity index is 377. The topological polar surface area (TPSA) is 20.3 Å². The highest BCUT2D eigenvalue weighted by Crippen LogP contribution is 2.11. The molecule has 0 fully saturated rings. The van der Waals surface area contributed by atoms with Crippen molar-refractivity contribution in [2.24, 2.45) is 0 Å². The fraction of sp³-hybridized carbons (Fsp3) is 0.400. The Morgan fingerprint density at radius 3 is 2.67 bits per heavy atom. The molecule has 1 unspecified atom stereocenters. The highest BCUT2D eigenvalue weighted by Gasteiger charge is 2.19. The standard InChI is InChI=1S/C15H21NOS/c1-3-10-16(11-4-2)15(17)14(18)12-13-8-6-5-7-9-13/h3,5-9,14,18H,1,4,10-12H2,2H3. The van der Waals surface area contributed by atoms with E-state index < -0.39 is 0 Å². The van der Waals surface area contributed by atoms with Crippen LogP contribution in [0.3, 0.4) is 0 Å². The predicted octanol–water partition coefficient (Wildman–Crippen LogP) is 2.95. The van der Waals surface area contributed by atoms with Gasteiger partial charge in [0.15, 0.2) is 0 Å². The summed E-state index contributed by atoms with van der Waals surface area (Å²) in [6.45, 7) is 7.11. The van der Waals surface area contributed by atoms with Gasteiger partial charge in [0.2, 0.25) is 5.91 Å². The summed E-state index contributed by atoms with van der Waals surface area (Å²) in [6, 6.07) is 9.98. The summed E-state index contributed by atoms with van der Waals surface area (Å²) in [4.78, 5) is 14.0. The van der Waals surface area contributed by atoms with Crippen LogP contribution in [0.1, 0.15) is 18.9 Å². The molecule has 1 aromatic carbocycles. The van der Waals surface area contributed by atoms with E-state index in [9.17, 15) is 4.79 Å². The van der Waals surface area contributed by atoms with Gasteiger partial charge in [0.05, 0.1) is 5.25 Å². The van der Waals surface area contributed by atoms with E-state index in [-0.39, 0.29) is 11.2 Å². The predicted molar refractivity (Wildman–Crippen MR) is 80.0 cm³/mol. The molecule has 2 nitrogen and oxygen atoms in total. The van der Waals surface area contributed by atoms with E-state index in [0.29, 0.717) is 13.0 Å². The van der Waals surface area contributed by atoms with Crippen molar-refractivity contribution in [2.45, 2.75) is 25.0 Å². The Kier molecular flexibility index (Phi) is 6.58. The first kappa shape index (κ1) is 14.8. The number of hydrogen-bond donors (Lipinski definition) is 1. The lowest BCUT2D eigenvalue weighted by Gasteiger charge is -2.23. The Hall–Kier alpha value is -1.22. The van der Waals surface area contributed by atoms with Crippen LogP contribution in [0.15, 0.2) is 43.0 Å². The first-order chi connectivity index (χ1) is 8.69. The van der Waals surface area contributed by atoms with Crippen LogP contribution in [-0.2, 0) is 11.2 Å². The molecule has 0 radical (unpaired) electrons. The molecular formula is C15H21NOS. The van der Waals surface area contributed by atoms with Crippen molar-refractivity contribution in [3.63, 3.8) is 0 Å². The minimum absolute atomic E-state index is 0.0870. The fourth-order valence-electron chi connectivity index (χ4n) is 1.85. The second-order valence-corrected chi connectivity index (χ2v) is 4.90. The number of amides is 1. The molecule has 0 N–H and O–H groups in total. The molecule has 0 aliphatic heterocycles. The Labute approximate surface area is 115 Å². The van der Waals surface area contributed by atoms with Gasteiger partial charge in [-0.25, -0.2) is 0 Å². The van der Waals surface area contributed by atoms with Crippen molar-refractivity contribution in [1.82, 2.24) is 4.90 Å². The van der Waals surface area contributed by atoms with Crippen LogP contribution in [-0.4, -0.2) is 29.1 Å². The molecule has 18 heavy (non-hydrogen) atoms. The summed E-state index contributed by atoms with van der Waals surface area (Å²) in [5.41, 5.74) is 1.14. The van der Waals surface area contributed by atoms with Crippen LogP contribution in [0.2, 0.25) is 0 Å². The number of hydrogen-bond acceptors (Lipinski definition) is 2. The fourth-order valence-corrected chi connectivity index (χ4v) is 2.23. The zero-order valence-corrected chi connectivity index (χ0v) is 11.8. The number of carbonyl (C=O) groups excluding carboxylic acids is 1. The van der Waals surface area contributed by atoms with Gasteiger partial charge in [-0.2, -0.15) is 12.6 Å². The summed E-state index contributed by atoms with van der Waals surface area (Å²) in [6.07, 6.45) is 3.38. The van der Waals surface area contributed by atoms with Gasteiger partial charge in [-0.15, -0.1) is 6.58 Å². The summed E-state index contributed by atoms with van der Waals surface area (Å²) in [7, 11) is 0. The van der Waals surface area contributed by atoms with E-state index in [0.717, 1.165) is 18.5 Å². The van der Waals surface area contributed by atoms with E-state index in [4.69, 9.17) is 0 Å². The van der Waals surface area contributed by atoms with E-state index >= 15 is 0 Å². The molecule has 1 aromatic rings. The number of thiol groups is 1. The van der Waals surface area contributed by atoms with Gasteiger partial charge < -0.3 is 4.90 Å². The number of nitrogens with zero attached hydrogens (tertiary/aromatic N) is 1. The molecule has 98 valence electrons. The zero-order valence-electron chi connectivity index (χ0n) is 10.9. The SMILES string of the molecule is C=CCN(CCC)C(=O)C(S)Cc1ccccc1. The normalized spacial score (nSPS) is 11.9. The van der Waals surface area contributed by atoms with E-state index in [1.165, 1.54) is 0 Å². The van der Waals surface area contributed by atoms with Crippen molar-refractivity contribution in [3.8, 4) is 0 Å². The van der Waals surface area contributed by atoms with Crippen molar-refractivity contribution in [2.75, 3.05) is 13.1 Å². The average Bonchev–Trinajstić information content (AvgIpc) is 2.39. The van der Waals surface area contributed by atoms with Gasteiger partial charge in [-0.3, -0.25) is 4.79 Å². The molecule has 0 aliphatic carbocycles. The van der Waals surface area contributed by atoms with Crippen LogP contribution in [0, 0.1) is 0 Å². The van der Waals surface area contributed by atoms with Gasteiger partial charge in [-0.05, 0) is 18.4 Å². The van der Waals surface area contributed by atoms with E-state index in [2.05, 4.69) is 26.1 Å². The van der Waals surface area contributed by atoms with Gasteiger partial charge in [-0.1, -0.05) is 43.3 Å². The zero-order chi connectivity index (χ0) is 13.4. The molecule has 0 spiro atoms. The molecular weight excluding hydrogens is 242 g/mol. The molecule has 0 aliphatic rings. The molecule has 3 heteroatoms. The molecule has 0 saturated heterocycles. The Morgan fingerprint density at radius 1 is 1.44 bits per heavy atom. The third kappa shape index (κ3) is 4.57. The number of benzene rings is 1. The summed E-state index contributed by atoms with van der Waals surface area (Å²) >= 11 is 4.44. The van der Waals surface area contributed by atoms with Crippen molar-refractivity contribution < 1.29 is 4.79 Å². The maximum absolute atomic E-state index is 12.2. The second kappa shape index (κ2) is 7.98. The lowest BCUT2D eigenvalue weighted by Crippen LogP contribution is -2.38. The van der Waals surface area contributed by atoms with E-state index in [1.807, 2.05) is 35.2 Å². The molecule has 0 bridgehead atoms. The van der Waals surface area contributed by atoms with E-state index in [1.54, 1.807) is 6.08 Å². The van der Waals surface area contributed by atoms with Gasteiger partial charge in [0.25, 0.3) is 0 Å². The second-order valence-electron chi connectivity index (χ2n) is 4.28. The first-order valence-corrected chi connectivity index (χ1v) is 6.82. The maximum atomic E-state index is 12.2. The molecule has 0 aromatic heterocycles. The average molecular weight is 263 g/mol. The van der Waals surface area contributed by atoms with Crippen molar-refractivity contribution >= 4 is 18.5 Å². The summed E-state index contributed by atoms with van der Waals surface area (Å²) in [5.74, 6) is 0.0870. The molecule has 1 rings (SSSR count). The number of carbonyl (C=O) groups is 1. The quantitative estimate of drug-likeness (QED) is 0.592. The monoisotopic (exact) mass is 263 g/mol. The smallest absolute Gasteiger partial charge is 0.236 e. The Morgan fingerprint density at radius 2 is 2.11 bits per heavy atom. The van der Waals surface area contributed by atoms with Crippen molar-refractivity contribution in [3.05, 3.63) is 48.6 Å². The van der Waals surface area contributed by atoms with Gasteiger partial charge in [0.1, 0.15) is 0 Å². The van der Waals surface area contributed by atoms with Crippen LogP contribution < -0.4 is 0 Å². The van der Waals surface area contributed by atoms with Crippen LogP contribution in [0.4, 0.5) is 0 Å². The molecule has 0 heterocycles. The first-order valence-electron chi connectivity index (χ1n) is 6.30. The molecule has 0 saturated carbocycles. The maximum Gasteiger partial charge on any atom is 0.236 e. The third-order valence-corrected chi connectivity index (χ3v) is 3.12. The van der Waals surface area contributed by atoms with Crippen LogP contribution in [0.25, 0.3) is 0 Å². The van der Waals surface area contributed by atoms with Crippen LogP contribution >= 0.6 is 12.6 Å². The lowest BCUT2D eigenvalue weighted by atomic mass is 10.1. The largest absolute Gasteiger partial charge is 0.338 e. The Balaban J connectivity index is 2.61. The summed E-state index contributed by atoms with van der Waals surface area (Å²) < 4.78 is 0. The number of rotatable bonds is 7.